The summed E-state index contributed by atoms with van der Waals surface area (Å²) in [5.41, 5.74) is 1.55. The summed E-state index contributed by atoms with van der Waals surface area (Å²) in [6.07, 6.45) is 3.65. The van der Waals surface area contributed by atoms with Crippen molar-refractivity contribution in [2.24, 2.45) is 5.92 Å². The van der Waals surface area contributed by atoms with E-state index in [-0.39, 0.29) is 11.9 Å². The summed E-state index contributed by atoms with van der Waals surface area (Å²) in [5, 5.41) is 4.39. The third-order valence-electron chi connectivity index (χ3n) is 4.42. The monoisotopic (exact) mass is 301 g/mol. The Hall–Kier alpha value is -2.04. The van der Waals surface area contributed by atoms with Crippen LogP contribution >= 0.6 is 0 Å². The average molecular weight is 301 g/mol. The van der Waals surface area contributed by atoms with E-state index in [0.717, 1.165) is 30.8 Å². The Balaban J connectivity index is 1.92. The van der Waals surface area contributed by atoms with Crippen molar-refractivity contribution in [1.29, 1.82) is 0 Å². The number of likely N-dealkylation sites (tertiary alicyclic amines) is 1. The van der Waals surface area contributed by atoms with E-state index in [1.54, 1.807) is 10.9 Å². The van der Waals surface area contributed by atoms with Gasteiger partial charge >= 0.3 is 0 Å². The maximum absolute atomic E-state index is 13.0. The molecule has 118 valence electrons. The summed E-state index contributed by atoms with van der Waals surface area (Å²) in [6.45, 7) is 7.62. The molecule has 1 aliphatic rings. The van der Waals surface area contributed by atoms with E-state index >= 15 is 0 Å². The lowest BCUT2D eigenvalue weighted by atomic mass is 9.91. The molecule has 0 aromatic carbocycles. The highest BCUT2D eigenvalue weighted by atomic mass is 16.3. The molecule has 1 aliphatic heterocycles. The van der Waals surface area contributed by atoms with Gasteiger partial charge in [0.25, 0.3) is 5.91 Å². The summed E-state index contributed by atoms with van der Waals surface area (Å²) in [5.74, 6) is 1.52. The number of aryl methyl sites for hydroxylation is 2. The molecule has 22 heavy (non-hydrogen) atoms. The van der Waals surface area contributed by atoms with Gasteiger partial charge in [-0.1, -0.05) is 6.92 Å². The SMILES string of the molecule is CCn1nc(C)cc1C(=O)N1CC[C@@H](C)C[C@@H]1c1ccco1. The van der Waals surface area contributed by atoms with Crippen molar-refractivity contribution in [2.45, 2.75) is 46.2 Å². The van der Waals surface area contributed by atoms with Crippen LogP contribution in [-0.2, 0) is 6.54 Å². The minimum atomic E-state index is 0.0202. The molecular formula is C17H23N3O2. The third kappa shape index (κ3) is 2.67. The molecule has 0 saturated carbocycles. The summed E-state index contributed by atoms with van der Waals surface area (Å²) < 4.78 is 7.37. The number of carbonyl (C=O) groups excluding carboxylic acids is 1. The molecule has 1 saturated heterocycles. The molecular weight excluding hydrogens is 278 g/mol. The quantitative estimate of drug-likeness (QED) is 0.873. The zero-order valence-electron chi connectivity index (χ0n) is 13.5. The van der Waals surface area contributed by atoms with Gasteiger partial charge in [0.2, 0.25) is 0 Å². The fraction of sp³-hybridized carbons (Fsp3) is 0.529. The van der Waals surface area contributed by atoms with E-state index in [0.29, 0.717) is 18.2 Å². The smallest absolute Gasteiger partial charge is 0.272 e. The van der Waals surface area contributed by atoms with Crippen molar-refractivity contribution in [1.82, 2.24) is 14.7 Å². The van der Waals surface area contributed by atoms with Gasteiger partial charge in [-0.25, -0.2) is 0 Å². The Morgan fingerprint density at radius 1 is 1.50 bits per heavy atom. The zero-order chi connectivity index (χ0) is 15.7. The molecule has 0 aliphatic carbocycles. The van der Waals surface area contributed by atoms with Crippen molar-refractivity contribution in [2.75, 3.05) is 6.54 Å². The van der Waals surface area contributed by atoms with Crippen molar-refractivity contribution < 1.29 is 9.21 Å². The van der Waals surface area contributed by atoms with Crippen molar-refractivity contribution in [3.8, 4) is 0 Å². The summed E-state index contributed by atoms with van der Waals surface area (Å²) in [4.78, 5) is 15.0. The molecule has 1 amide bonds. The Bertz CT molecular complexity index is 645. The molecule has 0 bridgehead atoms. The molecule has 0 unspecified atom stereocenters. The van der Waals surface area contributed by atoms with Crippen LogP contribution in [0.3, 0.4) is 0 Å². The van der Waals surface area contributed by atoms with Crippen LogP contribution in [0.1, 0.15) is 54.7 Å². The number of amides is 1. The van der Waals surface area contributed by atoms with Gasteiger partial charge in [0.1, 0.15) is 11.5 Å². The van der Waals surface area contributed by atoms with Gasteiger partial charge in [-0.15, -0.1) is 0 Å². The Morgan fingerprint density at radius 3 is 3.00 bits per heavy atom. The minimum Gasteiger partial charge on any atom is -0.467 e. The number of aromatic nitrogens is 2. The van der Waals surface area contributed by atoms with E-state index in [2.05, 4.69) is 12.0 Å². The van der Waals surface area contributed by atoms with Crippen molar-refractivity contribution >= 4 is 5.91 Å². The molecule has 2 atom stereocenters. The lowest BCUT2D eigenvalue weighted by Crippen LogP contribution is -2.41. The standard InChI is InChI=1S/C17H23N3O2/c1-4-20-15(11-13(3)18-20)17(21)19-8-7-12(2)10-14(19)16-6-5-9-22-16/h5-6,9,11-12,14H,4,7-8,10H2,1-3H3/t12-,14-/m1/s1. The Morgan fingerprint density at radius 2 is 2.32 bits per heavy atom. The highest BCUT2D eigenvalue weighted by Gasteiger charge is 2.34. The molecule has 0 radical (unpaired) electrons. The number of hydrogen-bond donors (Lipinski definition) is 0. The van der Waals surface area contributed by atoms with Crippen LogP contribution < -0.4 is 0 Å². The second-order valence-electron chi connectivity index (χ2n) is 6.15. The number of furan rings is 1. The van der Waals surface area contributed by atoms with Gasteiger partial charge in [0.15, 0.2) is 0 Å². The van der Waals surface area contributed by atoms with E-state index < -0.39 is 0 Å². The molecule has 3 rings (SSSR count). The predicted molar refractivity (Wildman–Crippen MR) is 83.5 cm³/mol. The van der Waals surface area contributed by atoms with E-state index in [1.807, 2.05) is 36.9 Å². The van der Waals surface area contributed by atoms with Crippen LogP contribution in [0, 0.1) is 12.8 Å². The van der Waals surface area contributed by atoms with E-state index in [4.69, 9.17) is 4.42 Å². The van der Waals surface area contributed by atoms with Crippen molar-refractivity contribution in [3.05, 3.63) is 41.6 Å². The first-order valence-corrected chi connectivity index (χ1v) is 7.99. The lowest BCUT2D eigenvalue weighted by Gasteiger charge is -2.37. The van der Waals surface area contributed by atoms with Crippen LogP contribution in [0.2, 0.25) is 0 Å². The predicted octanol–water partition coefficient (Wildman–Crippen LogP) is 3.42. The maximum Gasteiger partial charge on any atom is 0.272 e. The minimum absolute atomic E-state index is 0.0202. The van der Waals surface area contributed by atoms with Gasteiger partial charge in [0.05, 0.1) is 18.0 Å². The summed E-state index contributed by atoms with van der Waals surface area (Å²) in [7, 11) is 0. The number of carbonyl (C=O) groups is 1. The first-order chi connectivity index (χ1) is 10.6. The molecule has 0 spiro atoms. The van der Waals surface area contributed by atoms with E-state index in [9.17, 15) is 4.79 Å². The molecule has 2 aromatic rings. The molecule has 5 heteroatoms. The fourth-order valence-electron chi connectivity index (χ4n) is 3.24. The highest BCUT2D eigenvalue weighted by Crippen LogP contribution is 2.35. The topological polar surface area (TPSA) is 51.3 Å². The van der Waals surface area contributed by atoms with Gasteiger partial charge in [0, 0.05) is 13.1 Å². The first-order valence-electron chi connectivity index (χ1n) is 7.99. The zero-order valence-corrected chi connectivity index (χ0v) is 13.5. The van der Waals surface area contributed by atoms with E-state index in [1.165, 1.54) is 0 Å². The number of nitrogens with zero attached hydrogens (tertiary/aromatic N) is 3. The van der Waals surface area contributed by atoms with Crippen LogP contribution in [0.5, 0.6) is 0 Å². The molecule has 3 heterocycles. The summed E-state index contributed by atoms with van der Waals surface area (Å²) >= 11 is 0. The normalized spacial score (nSPS) is 22.0. The number of hydrogen-bond acceptors (Lipinski definition) is 3. The maximum atomic E-state index is 13.0. The lowest BCUT2D eigenvalue weighted by molar-refractivity contribution is 0.0508. The average Bonchev–Trinajstić information content (AvgIpc) is 3.15. The second-order valence-corrected chi connectivity index (χ2v) is 6.15. The van der Waals surface area contributed by atoms with Crippen LogP contribution in [0.15, 0.2) is 28.9 Å². The Labute approximate surface area is 130 Å². The fourth-order valence-corrected chi connectivity index (χ4v) is 3.24. The van der Waals surface area contributed by atoms with Crippen LogP contribution in [-0.4, -0.2) is 27.1 Å². The van der Waals surface area contributed by atoms with Gasteiger partial charge < -0.3 is 9.32 Å². The third-order valence-corrected chi connectivity index (χ3v) is 4.42. The number of rotatable bonds is 3. The van der Waals surface area contributed by atoms with Crippen molar-refractivity contribution in [3.63, 3.8) is 0 Å². The Kier molecular flexibility index (Phi) is 4.05. The highest BCUT2D eigenvalue weighted by molar-refractivity contribution is 5.93. The molecule has 0 N–H and O–H groups in total. The molecule has 2 aromatic heterocycles. The van der Waals surface area contributed by atoms with Crippen LogP contribution in [0.4, 0.5) is 0 Å². The van der Waals surface area contributed by atoms with Gasteiger partial charge in [-0.3, -0.25) is 9.48 Å². The number of piperidine rings is 1. The van der Waals surface area contributed by atoms with Gasteiger partial charge in [-0.2, -0.15) is 5.10 Å². The largest absolute Gasteiger partial charge is 0.467 e. The van der Waals surface area contributed by atoms with Gasteiger partial charge in [-0.05, 0) is 50.8 Å². The molecule has 1 fully saturated rings. The second kappa shape index (κ2) is 5.99. The summed E-state index contributed by atoms with van der Waals surface area (Å²) in [6, 6.07) is 5.75. The van der Waals surface area contributed by atoms with Crippen LogP contribution in [0.25, 0.3) is 0 Å². The first kappa shape index (κ1) is 14.9. The molecule has 5 nitrogen and oxygen atoms in total.